The molecule has 90 valence electrons. The largest absolute Gasteiger partial charge is 0.440 e. The molecule has 0 bridgehead atoms. The zero-order chi connectivity index (χ0) is 12.4. The zero-order valence-electron chi connectivity index (χ0n) is 9.67. The maximum absolute atomic E-state index is 5.74. The van der Waals surface area contributed by atoms with Crippen LogP contribution in [-0.4, -0.2) is 4.98 Å². The van der Waals surface area contributed by atoms with E-state index in [0.717, 1.165) is 27.6 Å². The van der Waals surface area contributed by atoms with Gasteiger partial charge in [0.1, 0.15) is 5.52 Å². The summed E-state index contributed by atoms with van der Waals surface area (Å²) in [6.45, 7) is 0. The van der Waals surface area contributed by atoms with Gasteiger partial charge in [-0.3, -0.25) is 0 Å². The number of thioether (sulfide) groups is 1. The third-order valence-corrected chi connectivity index (χ3v) is 3.54. The van der Waals surface area contributed by atoms with Crippen LogP contribution in [-0.2, 0) is 5.75 Å². The summed E-state index contributed by atoms with van der Waals surface area (Å²) in [5.41, 5.74) is 8.25. The number of aromatic nitrogens is 1. The Morgan fingerprint density at radius 1 is 1.11 bits per heavy atom. The maximum atomic E-state index is 5.74. The maximum Gasteiger partial charge on any atom is 0.205 e. The number of anilines is 1. The van der Waals surface area contributed by atoms with Gasteiger partial charge in [-0.25, -0.2) is 4.98 Å². The molecule has 2 aromatic carbocycles. The first-order valence-corrected chi connectivity index (χ1v) is 6.62. The number of rotatable bonds is 3. The van der Waals surface area contributed by atoms with Crippen molar-refractivity contribution in [3.05, 3.63) is 54.4 Å². The minimum Gasteiger partial charge on any atom is -0.440 e. The van der Waals surface area contributed by atoms with Crippen molar-refractivity contribution >= 4 is 28.5 Å². The zero-order valence-corrected chi connectivity index (χ0v) is 10.5. The molecule has 0 fully saturated rings. The molecule has 18 heavy (non-hydrogen) atoms. The molecule has 0 amide bonds. The monoisotopic (exact) mass is 256 g/mol. The lowest BCUT2D eigenvalue weighted by molar-refractivity contribution is 0.556. The number of oxazole rings is 1. The van der Waals surface area contributed by atoms with Gasteiger partial charge in [-0.15, -0.1) is 11.8 Å². The number of para-hydroxylation sites is 2. The van der Waals surface area contributed by atoms with E-state index in [4.69, 9.17) is 10.2 Å². The normalized spacial score (nSPS) is 10.9. The fraction of sp³-hybridized carbons (Fsp3) is 0.0714. The van der Waals surface area contributed by atoms with Crippen molar-refractivity contribution in [3.8, 4) is 0 Å². The van der Waals surface area contributed by atoms with Crippen molar-refractivity contribution in [2.75, 3.05) is 5.73 Å². The summed E-state index contributed by atoms with van der Waals surface area (Å²) in [6.07, 6.45) is 0. The molecule has 4 heteroatoms. The van der Waals surface area contributed by atoms with Crippen LogP contribution >= 0.6 is 11.8 Å². The van der Waals surface area contributed by atoms with Gasteiger partial charge in [-0.2, -0.15) is 0 Å². The Morgan fingerprint density at radius 3 is 2.83 bits per heavy atom. The van der Waals surface area contributed by atoms with Crippen LogP contribution in [0.25, 0.3) is 11.1 Å². The summed E-state index contributed by atoms with van der Waals surface area (Å²) in [5.74, 6) is 1.45. The minimum atomic E-state index is 0.706. The van der Waals surface area contributed by atoms with Crippen molar-refractivity contribution < 1.29 is 4.42 Å². The van der Waals surface area contributed by atoms with Crippen molar-refractivity contribution in [2.45, 2.75) is 10.6 Å². The number of nitrogen functional groups attached to an aromatic ring is 1. The second-order valence-electron chi connectivity index (χ2n) is 3.94. The summed E-state index contributed by atoms with van der Waals surface area (Å²) in [6, 6.07) is 15.6. The highest BCUT2D eigenvalue weighted by atomic mass is 32.2. The SMILES string of the molecule is Nc1cccc(SCc2nc3ccccc3o2)c1. The molecule has 0 aliphatic heterocycles. The molecule has 0 atom stereocenters. The highest BCUT2D eigenvalue weighted by Crippen LogP contribution is 2.25. The van der Waals surface area contributed by atoms with E-state index >= 15 is 0 Å². The van der Waals surface area contributed by atoms with Gasteiger partial charge in [0.15, 0.2) is 5.58 Å². The molecule has 0 saturated carbocycles. The Morgan fingerprint density at radius 2 is 2.00 bits per heavy atom. The Kier molecular flexibility index (Phi) is 2.94. The molecule has 0 saturated heterocycles. The molecule has 0 spiro atoms. The van der Waals surface area contributed by atoms with Crippen LogP contribution < -0.4 is 5.73 Å². The lowest BCUT2D eigenvalue weighted by Gasteiger charge is -1.99. The fourth-order valence-electron chi connectivity index (χ4n) is 1.73. The summed E-state index contributed by atoms with van der Waals surface area (Å²) < 4.78 is 5.66. The smallest absolute Gasteiger partial charge is 0.205 e. The number of fused-ring (bicyclic) bond motifs is 1. The van der Waals surface area contributed by atoms with Crippen LogP contribution in [0.3, 0.4) is 0 Å². The Labute approximate surface area is 109 Å². The van der Waals surface area contributed by atoms with Crippen LogP contribution in [0.4, 0.5) is 5.69 Å². The van der Waals surface area contributed by atoms with Gasteiger partial charge in [0.25, 0.3) is 0 Å². The van der Waals surface area contributed by atoms with Gasteiger partial charge in [0.05, 0.1) is 5.75 Å². The predicted octanol–water partition coefficient (Wildman–Crippen LogP) is 3.70. The summed E-state index contributed by atoms with van der Waals surface area (Å²) in [7, 11) is 0. The molecule has 3 nitrogen and oxygen atoms in total. The van der Waals surface area contributed by atoms with Gasteiger partial charge in [-0.1, -0.05) is 18.2 Å². The highest BCUT2D eigenvalue weighted by molar-refractivity contribution is 7.98. The molecular weight excluding hydrogens is 244 g/mol. The molecule has 1 heterocycles. The fourth-order valence-corrected chi connectivity index (χ4v) is 2.54. The number of hydrogen-bond acceptors (Lipinski definition) is 4. The van der Waals surface area contributed by atoms with Crippen molar-refractivity contribution in [3.63, 3.8) is 0 Å². The molecule has 0 aliphatic carbocycles. The second-order valence-corrected chi connectivity index (χ2v) is 4.99. The molecule has 0 radical (unpaired) electrons. The average molecular weight is 256 g/mol. The van der Waals surface area contributed by atoms with Crippen LogP contribution in [0.15, 0.2) is 57.8 Å². The van der Waals surface area contributed by atoms with Gasteiger partial charge in [0, 0.05) is 10.6 Å². The van der Waals surface area contributed by atoms with E-state index in [2.05, 4.69) is 4.98 Å². The second kappa shape index (κ2) is 4.74. The number of hydrogen-bond donors (Lipinski definition) is 1. The average Bonchev–Trinajstić information content (AvgIpc) is 2.79. The summed E-state index contributed by atoms with van der Waals surface area (Å²) in [4.78, 5) is 5.55. The van der Waals surface area contributed by atoms with Crippen LogP contribution in [0.5, 0.6) is 0 Å². The molecular formula is C14H12N2OS. The molecule has 2 N–H and O–H groups in total. The number of nitrogens with two attached hydrogens (primary N) is 1. The summed E-state index contributed by atoms with van der Waals surface area (Å²) >= 11 is 1.67. The van der Waals surface area contributed by atoms with Gasteiger partial charge in [0.2, 0.25) is 5.89 Å². The molecule has 3 rings (SSSR count). The lowest BCUT2D eigenvalue weighted by atomic mass is 10.3. The van der Waals surface area contributed by atoms with Gasteiger partial charge < -0.3 is 10.2 Å². The van der Waals surface area contributed by atoms with Crippen LogP contribution in [0.1, 0.15) is 5.89 Å². The highest BCUT2D eigenvalue weighted by Gasteiger charge is 2.05. The predicted molar refractivity (Wildman–Crippen MR) is 74.4 cm³/mol. The topological polar surface area (TPSA) is 52.0 Å². The van der Waals surface area contributed by atoms with E-state index in [-0.39, 0.29) is 0 Å². The van der Waals surface area contributed by atoms with Gasteiger partial charge >= 0.3 is 0 Å². The first kappa shape index (κ1) is 11.2. The van der Waals surface area contributed by atoms with E-state index in [1.807, 2.05) is 48.5 Å². The quantitative estimate of drug-likeness (QED) is 0.573. The molecule has 0 aliphatic rings. The number of benzene rings is 2. The van der Waals surface area contributed by atoms with Crippen LogP contribution in [0, 0.1) is 0 Å². The van der Waals surface area contributed by atoms with Crippen LogP contribution in [0.2, 0.25) is 0 Å². The third-order valence-electron chi connectivity index (χ3n) is 2.56. The van der Waals surface area contributed by atoms with E-state index in [9.17, 15) is 0 Å². The Balaban J connectivity index is 1.76. The van der Waals surface area contributed by atoms with Crippen molar-refractivity contribution in [1.82, 2.24) is 4.98 Å². The van der Waals surface area contributed by atoms with E-state index in [1.165, 1.54) is 0 Å². The number of nitrogens with zero attached hydrogens (tertiary/aromatic N) is 1. The van der Waals surface area contributed by atoms with E-state index in [1.54, 1.807) is 11.8 Å². The van der Waals surface area contributed by atoms with E-state index in [0.29, 0.717) is 5.75 Å². The lowest BCUT2D eigenvalue weighted by Crippen LogP contribution is -1.84. The summed E-state index contributed by atoms with van der Waals surface area (Å²) in [5, 5.41) is 0. The Hall–Kier alpha value is -1.94. The van der Waals surface area contributed by atoms with Crippen molar-refractivity contribution in [2.24, 2.45) is 0 Å². The van der Waals surface area contributed by atoms with Crippen molar-refractivity contribution in [1.29, 1.82) is 0 Å². The minimum absolute atomic E-state index is 0.706. The first-order chi connectivity index (χ1) is 8.81. The standard InChI is InChI=1S/C14H12N2OS/c15-10-4-3-5-11(8-10)18-9-14-16-12-6-1-2-7-13(12)17-14/h1-8H,9,15H2. The molecule has 1 aromatic heterocycles. The Bertz CT molecular complexity index is 645. The van der Waals surface area contributed by atoms with Gasteiger partial charge in [-0.05, 0) is 30.3 Å². The first-order valence-electron chi connectivity index (χ1n) is 5.64. The van der Waals surface area contributed by atoms with E-state index < -0.39 is 0 Å². The third kappa shape index (κ3) is 2.33. The molecule has 0 unspecified atom stereocenters. The molecule has 3 aromatic rings.